The number of hydrogen-bond acceptors (Lipinski definition) is 6. The summed E-state index contributed by atoms with van der Waals surface area (Å²) >= 11 is 0. The summed E-state index contributed by atoms with van der Waals surface area (Å²) in [6.07, 6.45) is 8.68. The van der Waals surface area contributed by atoms with Crippen molar-refractivity contribution >= 4 is 17.4 Å². The number of aromatic nitrogens is 6. The summed E-state index contributed by atoms with van der Waals surface area (Å²) < 4.78 is 3.57. The van der Waals surface area contributed by atoms with Crippen LogP contribution in [0, 0.1) is 6.92 Å². The first kappa shape index (κ1) is 15.6. The number of fused-ring (bicyclic) bond motifs is 1. The van der Waals surface area contributed by atoms with Gasteiger partial charge in [-0.3, -0.25) is 13.9 Å². The molecule has 1 aliphatic rings. The number of nitrogens with zero attached hydrogens (tertiary/aromatic N) is 7. The number of nitrogens with one attached hydrogen (secondary N) is 1. The molecule has 0 bridgehead atoms. The van der Waals surface area contributed by atoms with E-state index in [0.29, 0.717) is 5.56 Å². The molecular weight excluding hydrogens is 320 g/mol. The average molecular weight is 340 g/mol. The average Bonchev–Trinajstić information content (AvgIpc) is 3.22. The molecule has 0 atom stereocenters. The molecule has 0 unspecified atom stereocenters. The van der Waals surface area contributed by atoms with Crippen molar-refractivity contribution < 1.29 is 4.79 Å². The number of aryl methyl sites for hydroxylation is 2. The number of rotatable bonds is 3. The van der Waals surface area contributed by atoms with Crippen LogP contribution in [0.1, 0.15) is 29.0 Å². The molecule has 1 saturated heterocycles. The smallest absolute Gasteiger partial charge is 0.254 e. The van der Waals surface area contributed by atoms with Gasteiger partial charge in [0.25, 0.3) is 5.91 Å². The van der Waals surface area contributed by atoms with Crippen molar-refractivity contribution in [3.63, 3.8) is 0 Å². The van der Waals surface area contributed by atoms with Gasteiger partial charge in [-0.15, -0.1) is 10.2 Å². The fourth-order valence-electron chi connectivity index (χ4n) is 3.19. The molecule has 130 valence electrons. The van der Waals surface area contributed by atoms with Crippen molar-refractivity contribution in [3.05, 3.63) is 36.2 Å². The first-order valence-corrected chi connectivity index (χ1v) is 8.32. The van der Waals surface area contributed by atoms with E-state index in [4.69, 9.17) is 0 Å². The third-order valence-corrected chi connectivity index (χ3v) is 4.58. The van der Waals surface area contributed by atoms with Crippen molar-refractivity contribution in [2.75, 3.05) is 18.0 Å². The van der Waals surface area contributed by atoms with Gasteiger partial charge in [-0.25, -0.2) is 4.98 Å². The van der Waals surface area contributed by atoms with E-state index in [0.717, 1.165) is 43.2 Å². The highest BCUT2D eigenvalue weighted by Crippen LogP contribution is 2.22. The molecule has 3 aromatic rings. The Kier molecular flexibility index (Phi) is 3.83. The van der Waals surface area contributed by atoms with Crippen molar-refractivity contribution in [1.29, 1.82) is 0 Å². The zero-order valence-electron chi connectivity index (χ0n) is 14.3. The van der Waals surface area contributed by atoms with Crippen molar-refractivity contribution in [2.45, 2.75) is 25.8 Å². The standard InChI is InChI=1S/C16H20N8O/c1-11-20-21-15-14(17-5-8-24(11)15)23-6-3-13(4-7-23)19-16(25)12-9-18-22(2)10-12/h5,8-10,13H,3-4,6-7H2,1-2H3,(H,19,25). The summed E-state index contributed by atoms with van der Waals surface area (Å²) in [5, 5.41) is 15.5. The van der Waals surface area contributed by atoms with Crippen LogP contribution in [-0.4, -0.2) is 54.4 Å². The Morgan fingerprint density at radius 3 is 2.80 bits per heavy atom. The number of amides is 1. The highest BCUT2D eigenvalue weighted by molar-refractivity contribution is 5.93. The number of carbonyl (C=O) groups excluding carboxylic acids is 1. The molecule has 0 aromatic carbocycles. The van der Waals surface area contributed by atoms with Gasteiger partial charge >= 0.3 is 0 Å². The van der Waals surface area contributed by atoms with E-state index in [2.05, 4.69) is 30.5 Å². The van der Waals surface area contributed by atoms with E-state index >= 15 is 0 Å². The first-order valence-electron chi connectivity index (χ1n) is 8.32. The lowest BCUT2D eigenvalue weighted by atomic mass is 10.0. The van der Waals surface area contributed by atoms with Crippen LogP contribution in [0.3, 0.4) is 0 Å². The lowest BCUT2D eigenvalue weighted by Crippen LogP contribution is -2.45. The minimum Gasteiger partial charge on any atom is -0.353 e. The van der Waals surface area contributed by atoms with Crippen LogP contribution >= 0.6 is 0 Å². The summed E-state index contributed by atoms with van der Waals surface area (Å²) in [6.45, 7) is 3.55. The van der Waals surface area contributed by atoms with Gasteiger partial charge in [-0.2, -0.15) is 5.10 Å². The summed E-state index contributed by atoms with van der Waals surface area (Å²) in [6, 6.07) is 0.156. The van der Waals surface area contributed by atoms with Gasteiger partial charge in [0.2, 0.25) is 5.65 Å². The lowest BCUT2D eigenvalue weighted by Gasteiger charge is -2.33. The summed E-state index contributed by atoms with van der Waals surface area (Å²) in [5.74, 6) is 1.62. The van der Waals surface area contributed by atoms with Crippen LogP contribution in [-0.2, 0) is 7.05 Å². The molecule has 25 heavy (non-hydrogen) atoms. The van der Waals surface area contributed by atoms with E-state index < -0.39 is 0 Å². The third kappa shape index (κ3) is 2.92. The Balaban J connectivity index is 1.42. The second kappa shape index (κ2) is 6.15. The van der Waals surface area contributed by atoms with Crippen LogP contribution in [0.15, 0.2) is 24.8 Å². The first-order chi connectivity index (χ1) is 12.1. The molecule has 0 saturated carbocycles. The molecule has 9 nitrogen and oxygen atoms in total. The Bertz CT molecular complexity index is 906. The molecule has 1 aliphatic heterocycles. The van der Waals surface area contributed by atoms with Gasteiger partial charge in [0.1, 0.15) is 5.82 Å². The number of anilines is 1. The van der Waals surface area contributed by atoms with E-state index in [-0.39, 0.29) is 11.9 Å². The summed E-state index contributed by atoms with van der Waals surface area (Å²) in [4.78, 5) is 18.9. The van der Waals surface area contributed by atoms with Gasteiger partial charge in [0.05, 0.1) is 11.8 Å². The summed E-state index contributed by atoms with van der Waals surface area (Å²) in [5.41, 5.74) is 1.37. The quantitative estimate of drug-likeness (QED) is 0.749. The second-order valence-corrected chi connectivity index (χ2v) is 6.33. The molecule has 1 amide bonds. The third-order valence-electron chi connectivity index (χ3n) is 4.58. The van der Waals surface area contributed by atoms with Crippen molar-refractivity contribution in [2.24, 2.45) is 7.05 Å². The Hall–Kier alpha value is -2.97. The zero-order chi connectivity index (χ0) is 17.4. The van der Waals surface area contributed by atoms with Crippen molar-refractivity contribution in [1.82, 2.24) is 34.7 Å². The fraction of sp³-hybridized carbons (Fsp3) is 0.438. The van der Waals surface area contributed by atoms with Gasteiger partial charge in [0, 0.05) is 44.8 Å². The van der Waals surface area contributed by atoms with Gasteiger partial charge in [-0.1, -0.05) is 0 Å². The molecule has 9 heteroatoms. The van der Waals surface area contributed by atoms with E-state index in [1.54, 1.807) is 30.3 Å². The number of hydrogen-bond donors (Lipinski definition) is 1. The molecule has 0 radical (unpaired) electrons. The van der Waals surface area contributed by atoms with Crippen LogP contribution in [0.2, 0.25) is 0 Å². The molecule has 4 rings (SSSR count). The van der Waals surface area contributed by atoms with Crippen LogP contribution in [0.25, 0.3) is 5.65 Å². The predicted octanol–water partition coefficient (Wildman–Crippen LogP) is 0.565. The molecule has 1 N–H and O–H groups in total. The zero-order valence-corrected chi connectivity index (χ0v) is 14.3. The molecule has 3 aromatic heterocycles. The normalized spacial score (nSPS) is 15.7. The molecular formula is C16H20N8O. The number of carbonyl (C=O) groups is 1. The van der Waals surface area contributed by atoms with Gasteiger partial charge in [-0.05, 0) is 19.8 Å². The van der Waals surface area contributed by atoms with Crippen LogP contribution < -0.4 is 10.2 Å². The minimum atomic E-state index is -0.0696. The fourth-order valence-corrected chi connectivity index (χ4v) is 3.19. The Morgan fingerprint density at radius 1 is 1.28 bits per heavy atom. The molecule has 0 aliphatic carbocycles. The Labute approximate surface area is 144 Å². The van der Waals surface area contributed by atoms with Gasteiger partial charge in [0.15, 0.2) is 5.82 Å². The van der Waals surface area contributed by atoms with Crippen LogP contribution in [0.4, 0.5) is 5.82 Å². The SMILES string of the molecule is Cc1nnc2c(N3CCC(NC(=O)c4cnn(C)c4)CC3)nccn12. The molecule has 4 heterocycles. The maximum absolute atomic E-state index is 12.2. The van der Waals surface area contributed by atoms with Gasteiger partial charge < -0.3 is 10.2 Å². The van der Waals surface area contributed by atoms with Crippen molar-refractivity contribution in [3.8, 4) is 0 Å². The maximum Gasteiger partial charge on any atom is 0.254 e. The molecule has 0 spiro atoms. The topological polar surface area (TPSA) is 93.2 Å². The second-order valence-electron chi connectivity index (χ2n) is 6.33. The lowest BCUT2D eigenvalue weighted by molar-refractivity contribution is 0.0931. The maximum atomic E-state index is 12.2. The van der Waals surface area contributed by atoms with E-state index in [1.165, 1.54) is 0 Å². The monoisotopic (exact) mass is 340 g/mol. The molecule has 1 fully saturated rings. The van der Waals surface area contributed by atoms with E-state index in [9.17, 15) is 4.79 Å². The Morgan fingerprint density at radius 2 is 2.08 bits per heavy atom. The highest BCUT2D eigenvalue weighted by Gasteiger charge is 2.24. The van der Waals surface area contributed by atoms with Crippen LogP contribution in [0.5, 0.6) is 0 Å². The summed E-state index contributed by atoms with van der Waals surface area (Å²) in [7, 11) is 1.80. The minimum absolute atomic E-state index is 0.0696. The van der Waals surface area contributed by atoms with E-state index in [1.807, 2.05) is 17.5 Å². The number of piperidine rings is 1. The largest absolute Gasteiger partial charge is 0.353 e. The predicted molar refractivity (Wildman–Crippen MR) is 91.4 cm³/mol. The highest BCUT2D eigenvalue weighted by atomic mass is 16.1.